The number of hydrogen-bond donors (Lipinski definition) is 1. The lowest BCUT2D eigenvalue weighted by Gasteiger charge is -2.41. The van der Waals surface area contributed by atoms with E-state index in [-0.39, 0.29) is 0 Å². The van der Waals surface area contributed by atoms with Crippen LogP contribution in [0.5, 0.6) is 5.75 Å². The van der Waals surface area contributed by atoms with Gasteiger partial charge in [0.05, 0.1) is 12.8 Å². The number of nitrogens with two attached hydrogens (primary N) is 1. The molecule has 15 heavy (non-hydrogen) atoms. The van der Waals surface area contributed by atoms with Gasteiger partial charge in [0, 0.05) is 18.8 Å². The highest BCUT2D eigenvalue weighted by atomic mass is 16.5. The van der Waals surface area contributed by atoms with Crippen molar-refractivity contribution in [1.82, 2.24) is 0 Å². The van der Waals surface area contributed by atoms with Crippen LogP contribution in [-0.4, -0.2) is 20.2 Å². The van der Waals surface area contributed by atoms with Crippen molar-refractivity contribution in [3.63, 3.8) is 0 Å². The van der Waals surface area contributed by atoms with Crippen LogP contribution in [0.1, 0.15) is 13.3 Å². The third-order valence-electron chi connectivity index (χ3n) is 3.08. The van der Waals surface area contributed by atoms with Gasteiger partial charge in [0.1, 0.15) is 5.75 Å². The van der Waals surface area contributed by atoms with Crippen molar-refractivity contribution in [2.24, 2.45) is 5.92 Å². The average molecular weight is 206 g/mol. The SMILES string of the molecule is CCC1CN(c2cc(N)ccc2OC)C1. The summed E-state index contributed by atoms with van der Waals surface area (Å²) in [6.07, 6.45) is 1.25. The van der Waals surface area contributed by atoms with Crippen molar-refractivity contribution in [3.05, 3.63) is 18.2 Å². The first kappa shape index (κ1) is 10.1. The average Bonchev–Trinajstić information content (AvgIpc) is 2.16. The Kier molecular flexibility index (Phi) is 2.71. The minimum Gasteiger partial charge on any atom is -0.495 e. The molecule has 2 N–H and O–H groups in total. The fourth-order valence-corrected chi connectivity index (χ4v) is 1.98. The van der Waals surface area contributed by atoms with E-state index in [0.29, 0.717) is 0 Å². The predicted octanol–water partition coefficient (Wildman–Crippen LogP) is 2.12. The van der Waals surface area contributed by atoms with Gasteiger partial charge in [-0.05, 0) is 30.5 Å². The van der Waals surface area contributed by atoms with E-state index in [1.807, 2.05) is 18.2 Å². The number of anilines is 2. The molecule has 0 aromatic heterocycles. The quantitative estimate of drug-likeness (QED) is 0.770. The number of methoxy groups -OCH3 is 1. The second-order valence-corrected chi connectivity index (χ2v) is 4.11. The second kappa shape index (κ2) is 4.01. The third kappa shape index (κ3) is 1.87. The largest absolute Gasteiger partial charge is 0.495 e. The first-order valence-electron chi connectivity index (χ1n) is 5.43. The zero-order valence-corrected chi connectivity index (χ0v) is 9.36. The van der Waals surface area contributed by atoms with E-state index in [4.69, 9.17) is 10.5 Å². The van der Waals surface area contributed by atoms with E-state index < -0.39 is 0 Å². The summed E-state index contributed by atoms with van der Waals surface area (Å²) in [5, 5.41) is 0. The van der Waals surface area contributed by atoms with Gasteiger partial charge in [-0.2, -0.15) is 0 Å². The molecule has 1 aliphatic rings. The van der Waals surface area contributed by atoms with Crippen LogP contribution in [0.15, 0.2) is 18.2 Å². The third-order valence-corrected chi connectivity index (χ3v) is 3.08. The van der Waals surface area contributed by atoms with Gasteiger partial charge in [-0.15, -0.1) is 0 Å². The first-order valence-corrected chi connectivity index (χ1v) is 5.43. The van der Waals surface area contributed by atoms with Gasteiger partial charge < -0.3 is 15.4 Å². The summed E-state index contributed by atoms with van der Waals surface area (Å²) in [7, 11) is 1.70. The molecule has 0 aliphatic carbocycles. The molecule has 0 unspecified atom stereocenters. The summed E-state index contributed by atoms with van der Waals surface area (Å²) in [5.74, 6) is 1.75. The molecule has 1 aromatic carbocycles. The fraction of sp³-hybridized carbons (Fsp3) is 0.500. The maximum atomic E-state index is 5.78. The molecule has 3 heteroatoms. The summed E-state index contributed by atoms with van der Waals surface area (Å²) < 4.78 is 5.33. The van der Waals surface area contributed by atoms with Gasteiger partial charge in [0.15, 0.2) is 0 Å². The molecule has 0 spiro atoms. The van der Waals surface area contributed by atoms with Gasteiger partial charge in [0.25, 0.3) is 0 Å². The van der Waals surface area contributed by atoms with Crippen molar-refractivity contribution in [1.29, 1.82) is 0 Å². The molecule has 0 atom stereocenters. The van der Waals surface area contributed by atoms with Crippen LogP contribution in [0.4, 0.5) is 11.4 Å². The number of nitrogen functional groups attached to an aromatic ring is 1. The molecule has 1 heterocycles. The van der Waals surface area contributed by atoms with E-state index >= 15 is 0 Å². The van der Waals surface area contributed by atoms with Gasteiger partial charge in [-0.3, -0.25) is 0 Å². The molecule has 0 amide bonds. The maximum absolute atomic E-state index is 5.78. The zero-order chi connectivity index (χ0) is 10.8. The van der Waals surface area contributed by atoms with Crippen LogP contribution in [0.3, 0.4) is 0 Å². The van der Waals surface area contributed by atoms with E-state index in [1.54, 1.807) is 7.11 Å². The van der Waals surface area contributed by atoms with Crippen molar-refractivity contribution in [2.75, 3.05) is 30.8 Å². The molecule has 0 bridgehead atoms. The predicted molar refractivity (Wildman–Crippen MR) is 63.4 cm³/mol. The summed E-state index contributed by atoms with van der Waals surface area (Å²) in [6.45, 7) is 4.48. The minimum atomic E-state index is 0.797. The monoisotopic (exact) mass is 206 g/mol. The number of nitrogens with zero attached hydrogens (tertiary/aromatic N) is 1. The van der Waals surface area contributed by atoms with Gasteiger partial charge in [-0.1, -0.05) is 6.92 Å². The molecule has 1 aromatic rings. The Hall–Kier alpha value is -1.38. The highest BCUT2D eigenvalue weighted by Gasteiger charge is 2.27. The van der Waals surface area contributed by atoms with Crippen molar-refractivity contribution in [2.45, 2.75) is 13.3 Å². The Morgan fingerprint density at radius 1 is 1.47 bits per heavy atom. The van der Waals surface area contributed by atoms with Crippen molar-refractivity contribution < 1.29 is 4.74 Å². The standard InChI is InChI=1S/C12H18N2O/c1-3-9-7-14(8-9)11-6-10(13)4-5-12(11)15-2/h4-6,9H,3,7-8,13H2,1-2H3. The van der Waals surface area contributed by atoms with Crippen molar-refractivity contribution >= 4 is 11.4 Å². The van der Waals surface area contributed by atoms with Crippen LogP contribution < -0.4 is 15.4 Å². The molecule has 0 radical (unpaired) electrons. The normalized spacial score (nSPS) is 16.3. The van der Waals surface area contributed by atoms with Crippen LogP contribution in [0, 0.1) is 5.92 Å². The molecule has 2 rings (SSSR count). The summed E-state index contributed by atoms with van der Waals surface area (Å²) in [4.78, 5) is 2.32. The number of hydrogen-bond acceptors (Lipinski definition) is 3. The van der Waals surface area contributed by atoms with Crippen LogP contribution in [0.2, 0.25) is 0 Å². The lowest BCUT2D eigenvalue weighted by Crippen LogP contribution is -2.46. The molecule has 0 saturated carbocycles. The lowest BCUT2D eigenvalue weighted by molar-refractivity contribution is 0.380. The van der Waals surface area contributed by atoms with Crippen LogP contribution >= 0.6 is 0 Å². The van der Waals surface area contributed by atoms with Gasteiger partial charge >= 0.3 is 0 Å². The molecule has 1 fully saturated rings. The number of rotatable bonds is 3. The molecule has 1 aliphatic heterocycles. The first-order chi connectivity index (χ1) is 7.24. The minimum absolute atomic E-state index is 0.797. The topological polar surface area (TPSA) is 38.5 Å². The Balaban J connectivity index is 2.17. The number of ether oxygens (including phenoxy) is 1. The van der Waals surface area contributed by atoms with Gasteiger partial charge in [0.2, 0.25) is 0 Å². The van der Waals surface area contributed by atoms with Crippen molar-refractivity contribution in [3.8, 4) is 5.75 Å². The molecule has 3 nitrogen and oxygen atoms in total. The highest BCUT2D eigenvalue weighted by Crippen LogP contribution is 2.35. The van der Waals surface area contributed by atoms with Crippen LogP contribution in [-0.2, 0) is 0 Å². The molecule has 82 valence electrons. The molecular weight excluding hydrogens is 188 g/mol. The lowest BCUT2D eigenvalue weighted by atomic mass is 9.96. The van der Waals surface area contributed by atoms with E-state index in [9.17, 15) is 0 Å². The molecule has 1 saturated heterocycles. The summed E-state index contributed by atoms with van der Waals surface area (Å²) in [6, 6.07) is 5.80. The molecular formula is C12H18N2O. The van der Waals surface area contributed by atoms with Crippen LogP contribution in [0.25, 0.3) is 0 Å². The Morgan fingerprint density at radius 2 is 2.20 bits per heavy atom. The summed E-state index contributed by atoms with van der Waals surface area (Å²) >= 11 is 0. The maximum Gasteiger partial charge on any atom is 0.142 e. The summed E-state index contributed by atoms with van der Waals surface area (Å²) in [5.41, 5.74) is 7.71. The Morgan fingerprint density at radius 3 is 2.80 bits per heavy atom. The smallest absolute Gasteiger partial charge is 0.142 e. The second-order valence-electron chi connectivity index (χ2n) is 4.11. The highest BCUT2D eigenvalue weighted by molar-refractivity contribution is 5.66. The van der Waals surface area contributed by atoms with Gasteiger partial charge in [-0.25, -0.2) is 0 Å². The van der Waals surface area contributed by atoms with E-state index in [0.717, 1.165) is 36.1 Å². The Bertz CT molecular complexity index is 345. The van der Waals surface area contributed by atoms with E-state index in [2.05, 4.69) is 11.8 Å². The van der Waals surface area contributed by atoms with E-state index in [1.165, 1.54) is 6.42 Å². The number of benzene rings is 1. The zero-order valence-electron chi connectivity index (χ0n) is 9.36. The Labute approximate surface area is 90.8 Å². The fourth-order valence-electron chi connectivity index (χ4n) is 1.98.